The fourth-order valence-corrected chi connectivity index (χ4v) is 4.59. The number of halogens is 2. The summed E-state index contributed by atoms with van der Waals surface area (Å²) in [7, 11) is 0. The fraction of sp³-hybridized carbons (Fsp3) is 0.318. The third-order valence-corrected chi connectivity index (χ3v) is 6.25. The number of H-pyrrole nitrogens is 1. The number of fused-ring (bicyclic) bond motifs is 1. The Balaban J connectivity index is 1.26. The Morgan fingerprint density at radius 1 is 1.13 bits per heavy atom. The van der Waals surface area contributed by atoms with E-state index >= 15 is 0 Å². The molecule has 0 radical (unpaired) electrons. The maximum Gasteiger partial charge on any atom is 0.229 e. The third-order valence-electron chi connectivity index (χ3n) is 6.01. The Morgan fingerprint density at radius 3 is 2.68 bits per heavy atom. The van der Waals surface area contributed by atoms with Crippen molar-refractivity contribution in [3.8, 4) is 0 Å². The predicted octanol–water partition coefficient (Wildman–Crippen LogP) is 3.06. The number of nitrogens with one attached hydrogen (secondary N) is 1. The largest absolute Gasteiger partial charge is 0.368 e. The Bertz CT molecular complexity index is 1160. The summed E-state index contributed by atoms with van der Waals surface area (Å²) in [5.41, 5.74) is 1.56. The van der Waals surface area contributed by atoms with Crippen molar-refractivity contribution in [2.75, 3.05) is 42.5 Å². The molecule has 160 valence electrons. The molecule has 0 saturated carbocycles. The molecule has 3 aromatic rings. The zero-order chi connectivity index (χ0) is 21.5. The van der Waals surface area contributed by atoms with Crippen molar-refractivity contribution in [1.82, 2.24) is 15.1 Å². The van der Waals surface area contributed by atoms with Crippen LogP contribution < -0.4 is 9.80 Å². The minimum absolute atomic E-state index is 0.0399. The van der Waals surface area contributed by atoms with Crippen LogP contribution in [-0.2, 0) is 9.59 Å². The standard InChI is InChI=1S/C22H21ClFN5O2/c23-15-3-1-4-16(12-15)27-7-9-28(10-8-27)22(31)14-11-19(30)29(13-14)21-20-17(24)5-2-6-18(20)25-26-21/h1-6,12,14H,7-11,13H2,(H,25,26)/t14-/m1/s1. The lowest BCUT2D eigenvalue weighted by Gasteiger charge is -2.37. The van der Waals surface area contributed by atoms with Crippen LogP contribution in [0.4, 0.5) is 15.9 Å². The summed E-state index contributed by atoms with van der Waals surface area (Å²) in [5.74, 6) is -0.904. The highest BCUT2D eigenvalue weighted by atomic mass is 35.5. The lowest BCUT2D eigenvalue weighted by Crippen LogP contribution is -2.50. The highest BCUT2D eigenvalue weighted by molar-refractivity contribution is 6.30. The second kappa shape index (κ2) is 7.85. The van der Waals surface area contributed by atoms with E-state index in [2.05, 4.69) is 15.1 Å². The highest BCUT2D eigenvalue weighted by Gasteiger charge is 2.39. The molecule has 2 amide bonds. The molecular weight excluding hydrogens is 421 g/mol. The Hall–Kier alpha value is -3.13. The molecule has 2 fully saturated rings. The van der Waals surface area contributed by atoms with E-state index in [1.807, 2.05) is 29.2 Å². The number of piperazine rings is 1. The summed E-state index contributed by atoms with van der Waals surface area (Å²) in [5, 5.41) is 7.87. The highest BCUT2D eigenvalue weighted by Crippen LogP contribution is 2.32. The van der Waals surface area contributed by atoms with Gasteiger partial charge in [-0.3, -0.25) is 19.6 Å². The molecule has 2 saturated heterocycles. The molecule has 0 spiro atoms. The van der Waals surface area contributed by atoms with Gasteiger partial charge in [0.15, 0.2) is 5.82 Å². The number of aromatic amines is 1. The minimum Gasteiger partial charge on any atom is -0.368 e. The SMILES string of the molecule is O=C([C@@H]1CC(=O)N(c2n[nH]c3cccc(F)c23)C1)N1CCN(c2cccc(Cl)c2)CC1. The monoisotopic (exact) mass is 441 g/mol. The molecule has 2 aliphatic heterocycles. The van der Waals surface area contributed by atoms with Crippen molar-refractivity contribution in [3.05, 3.63) is 53.3 Å². The van der Waals surface area contributed by atoms with Gasteiger partial charge in [-0.05, 0) is 30.3 Å². The number of amides is 2. The van der Waals surface area contributed by atoms with E-state index in [9.17, 15) is 14.0 Å². The normalized spacial score (nSPS) is 19.5. The second-order valence-corrected chi connectivity index (χ2v) is 8.34. The third kappa shape index (κ3) is 3.61. The molecule has 0 unspecified atom stereocenters. The van der Waals surface area contributed by atoms with Gasteiger partial charge in [0.1, 0.15) is 5.82 Å². The van der Waals surface area contributed by atoms with Crippen molar-refractivity contribution < 1.29 is 14.0 Å². The maximum absolute atomic E-state index is 14.3. The molecule has 1 aromatic heterocycles. The Kier molecular flexibility index (Phi) is 5.02. The van der Waals surface area contributed by atoms with Gasteiger partial charge in [0.05, 0.1) is 16.8 Å². The van der Waals surface area contributed by atoms with E-state index in [-0.39, 0.29) is 36.0 Å². The van der Waals surface area contributed by atoms with Gasteiger partial charge in [-0.2, -0.15) is 5.10 Å². The quantitative estimate of drug-likeness (QED) is 0.678. The molecule has 1 atom stereocenters. The van der Waals surface area contributed by atoms with Gasteiger partial charge < -0.3 is 9.80 Å². The number of benzene rings is 2. The van der Waals surface area contributed by atoms with E-state index in [4.69, 9.17) is 11.6 Å². The summed E-state index contributed by atoms with van der Waals surface area (Å²) < 4.78 is 14.3. The first-order chi connectivity index (χ1) is 15.0. The maximum atomic E-state index is 14.3. The second-order valence-electron chi connectivity index (χ2n) is 7.91. The van der Waals surface area contributed by atoms with E-state index in [0.717, 1.165) is 5.69 Å². The van der Waals surface area contributed by atoms with E-state index < -0.39 is 11.7 Å². The Labute approximate surface area is 183 Å². The van der Waals surface area contributed by atoms with Gasteiger partial charge >= 0.3 is 0 Å². The van der Waals surface area contributed by atoms with Gasteiger partial charge in [-0.1, -0.05) is 23.7 Å². The molecule has 2 aliphatic rings. The van der Waals surface area contributed by atoms with E-state index in [1.165, 1.54) is 11.0 Å². The first-order valence-corrected chi connectivity index (χ1v) is 10.6. The summed E-state index contributed by atoms with van der Waals surface area (Å²) >= 11 is 6.09. The van der Waals surface area contributed by atoms with Gasteiger partial charge in [0, 0.05) is 49.9 Å². The van der Waals surface area contributed by atoms with Crippen LogP contribution in [0, 0.1) is 11.7 Å². The molecule has 7 nitrogen and oxygen atoms in total. The van der Waals surface area contributed by atoms with Crippen LogP contribution in [-0.4, -0.2) is 59.6 Å². The average molecular weight is 442 g/mol. The van der Waals surface area contributed by atoms with Crippen molar-refractivity contribution in [2.24, 2.45) is 5.92 Å². The van der Waals surface area contributed by atoms with Crippen molar-refractivity contribution in [3.63, 3.8) is 0 Å². The molecule has 3 heterocycles. The zero-order valence-electron chi connectivity index (χ0n) is 16.7. The molecule has 2 aromatic carbocycles. The molecule has 31 heavy (non-hydrogen) atoms. The Morgan fingerprint density at radius 2 is 1.90 bits per heavy atom. The average Bonchev–Trinajstić information content (AvgIpc) is 3.37. The van der Waals surface area contributed by atoms with Crippen LogP contribution in [0.2, 0.25) is 5.02 Å². The van der Waals surface area contributed by atoms with Crippen molar-refractivity contribution >= 4 is 45.8 Å². The van der Waals surface area contributed by atoms with E-state index in [1.54, 1.807) is 12.1 Å². The number of carbonyl (C=O) groups is 2. The number of rotatable bonds is 3. The lowest BCUT2D eigenvalue weighted by molar-refractivity contribution is -0.136. The van der Waals surface area contributed by atoms with Crippen LogP contribution >= 0.6 is 11.6 Å². The first kappa shape index (κ1) is 19.8. The number of carbonyl (C=O) groups excluding carboxylic acids is 2. The van der Waals surface area contributed by atoms with Gasteiger partial charge in [0.25, 0.3) is 0 Å². The molecule has 0 aliphatic carbocycles. The number of hydrogen-bond acceptors (Lipinski definition) is 4. The van der Waals surface area contributed by atoms with Gasteiger partial charge in [-0.15, -0.1) is 0 Å². The molecule has 1 N–H and O–H groups in total. The van der Waals surface area contributed by atoms with Gasteiger partial charge in [0.2, 0.25) is 11.8 Å². The number of anilines is 2. The molecule has 9 heteroatoms. The first-order valence-electron chi connectivity index (χ1n) is 10.2. The number of aromatic nitrogens is 2. The lowest BCUT2D eigenvalue weighted by atomic mass is 10.1. The summed E-state index contributed by atoms with van der Waals surface area (Å²) in [6.45, 7) is 2.77. The number of nitrogens with zero attached hydrogens (tertiary/aromatic N) is 4. The smallest absolute Gasteiger partial charge is 0.229 e. The fourth-order valence-electron chi connectivity index (χ4n) is 4.40. The molecule has 5 rings (SSSR count). The summed E-state index contributed by atoms with van der Waals surface area (Å²) in [4.78, 5) is 31.2. The van der Waals surface area contributed by atoms with E-state index in [0.29, 0.717) is 36.7 Å². The topological polar surface area (TPSA) is 72.5 Å². The van der Waals surface area contributed by atoms with Crippen LogP contribution in [0.5, 0.6) is 0 Å². The zero-order valence-corrected chi connectivity index (χ0v) is 17.5. The molecule has 0 bridgehead atoms. The summed E-state index contributed by atoms with van der Waals surface area (Å²) in [6.07, 6.45) is 0.107. The minimum atomic E-state index is -0.455. The van der Waals surface area contributed by atoms with Crippen LogP contribution in [0.25, 0.3) is 10.9 Å². The van der Waals surface area contributed by atoms with Gasteiger partial charge in [-0.25, -0.2) is 4.39 Å². The van der Waals surface area contributed by atoms with Crippen molar-refractivity contribution in [2.45, 2.75) is 6.42 Å². The van der Waals surface area contributed by atoms with Crippen LogP contribution in [0.1, 0.15) is 6.42 Å². The van der Waals surface area contributed by atoms with Crippen LogP contribution in [0.15, 0.2) is 42.5 Å². The molecular formula is C22H21ClFN5O2. The van der Waals surface area contributed by atoms with Crippen LogP contribution in [0.3, 0.4) is 0 Å². The number of hydrogen-bond donors (Lipinski definition) is 1. The predicted molar refractivity (Wildman–Crippen MR) is 117 cm³/mol. The summed E-state index contributed by atoms with van der Waals surface area (Å²) in [6, 6.07) is 12.3. The van der Waals surface area contributed by atoms with Crippen molar-refractivity contribution in [1.29, 1.82) is 0 Å².